The molecule has 0 spiro atoms. The van der Waals surface area contributed by atoms with Gasteiger partial charge in [0, 0.05) is 0 Å². The SMILES string of the molecule is OC(CC1CCC1)c1ccc(C(F)(F)F)cc1. The normalized spacial score (nSPS) is 18.8. The highest BCUT2D eigenvalue weighted by Crippen LogP contribution is 2.35. The topological polar surface area (TPSA) is 20.2 Å². The molecular formula is C13H15F3O. The Bertz CT molecular complexity index is 365. The van der Waals surface area contributed by atoms with E-state index in [0.29, 0.717) is 17.9 Å². The van der Waals surface area contributed by atoms with Crippen molar-refractivity contribution in [2.75, 3.05) is 0 Å². The monoisotopic (exact) mass is 244 g/mol. The van der Waals surface area contributed by atoms with Crippen LogP contribution < -0.4 is 0 Å². The van der Waals surface area contributed by atoms with Gasteiger partial charge in [-0.3, -0.25) is 0 Å². The van der Waals surface area contributed by atoms with Crippen LogP contribution >= 0.6 is 0 Å². The molecule has 1 N–H and O–H groups in total. The molecule has 1 atom stereocenters. The summed E-state index contributed by atoms with van der Waals surface area (Å²) < 4.78 is 37.0. The van der Waals surface area contributed by atoms with Crippen molar-refractivity contribution in [1.29, 1.82) is 0 Å². The number of hydrogen-bond acceptors (Lipinski definition) is 1. The highest BCUT2D eigenvalue weighted by molar-refractivity contribution is 5.26. The van der Waals surface area contributed by atoms with Crippen LogP contribution in [0.3, 0.4) is 0 Å². The molecule has 1 nitrogen and oxygen atoms in total. The molecule has 0 saturated heterocycles. The fraction of sp³-hybridized carbons (Fsp3) is 0.538. The van der Waals surface area contributed by atoms with E-state index < -0.39 is 17.8 Å². The average Bonchev–Trinajstić information content (AvgIpc) is 2.22. The molecule has 0 heterocycles. The van der Waals surface area contributed by atoms with Crippen molar-refractivity contribution in [1.82, 2.24) is 0 Å². The Hall–Kier alpha value is -1.03. The standard InChI is InChI=1S/C13H15F3O/c14-13(15,16)11-6-4-10(5-7-11)12(17)8-9-2-1-3-9/h4-7,9,12,17H,1-3,8H2. The van der Waals surface area contributed by atoms with Gasteiger partial charge in [0.1, 0.15) is 0 Å². The molecule has 0 aromatic heterocycles. The van der Waals surface area contributed by atoms with Crippen LogP contribution in [-0.2, 0) is 6.18 Å². The summed E-state index contributed by atoms with van der Waals surface area (Å²) in [6.07, 6.45) is -0.842. The fourth-order valence-corrected chi connectivity index (χ4v) is 2.07. The first-order valence-corrected chi connectivity index (χ1v) is 5.82. The van der Waals surface area contributed by atoms with E-state index in [4.69, 9.17) is 0 Å². The number of rotatable bonds is 3. The van der Waals surface area contributed by atoms with Crippen molar-refractivity contribution < 1.29 is 18.3 Å². The van der Waals surface area contributed by atoms with Gasteiger partial charge in [-0.2, -0.15) is 13.2 Å². The molecular weight excluding hydrogens is 229 g/mol. The summed E-state index contributed by atoms with van der Waals surface area (Å²) >= 11 is 0. The van der Waals surface area contributed by atoms with Crippen LogP contribution in [0.1, 0.15) is 42.9 Å². The number of benzene rings is 1. The largest absolute Gasteiger partial charge is 0.416 e. The second-order valence-corrected chi connectivity index (χ2v) is 4.67. The first kappa shape index (κ1) is 12.4. The summed E-state index contributed by atoms with van der Waals surface area (Å²) in [6, 6.07) is 4.79. The van der Waals surface area contributed by atoms with Crippen molar-refractivity contribution in [3.05, 3.63) is 35.4 Å². The molecule has 17 heavy (non-hydrogen) atoms. The molecule has 2 rings (SSSR count). The van der Waals surface area contributed by atoms with Crippen molar-refractivity contribution in [2.45, 2.75) is 38.0 Å². The predicted molar refractivity (Wildman–Crippen MR) is 58.4 cm³/mol. The number of aliphatic hydroxyl groups excluding tert-OH is 1. The summed E-state index contributed by atoms with van der Waals surface area (Å²) in [7, 11) is 0. The van der Waals surface area contributed by atoms with Crippen LogP contribution in [0.25, 0.3) is 0 Å². The van der Waals surface area contributed by atoms with E-state index in [2.05, 4.69) is 0 Å². The lowest BCUT2D eigenvalue weighted by atomic mass is 9.80. The van der Waals surface area contributed by atoms with Crippen LogP contribution in [-0.4, -0.2) is 5.11 Å². The van der Waals surface area contributed by atoms with Crippen LogP contribution in [0.4, 0.5) is 13.2 Å². The summed E-state index contributed by atoms with van der Waals surface area (Å²) in [5.41, 5.74) is -0.0954. The molecule has 0 aliphatic heterocycles. The van der Waals surface area contributed by atoms with Gasteiger partial charge in [0.05, 0.1) is 11.7 Å². The number of aliphatic hydroxyl groups is 1. The van der Waals surface area contributed by atoms with Crippen molar-refractivity contribution >= 4 is 0 Å². The Balaban J connectivity index is 2.01. The molecule has 0 bridgehead atoms. The van der Waals surface area contributed by atoms with Gasteiger partial charge in [0.25, 0.3) is 0 Å². The maximum atomic E-state index is 12.3. The minimum atomic E-state index is -4.31. The Kier molecular flexibility index (Phi) is 3.43. The van der Waals surface area contributed by atoms with E-state index in [1.54, 1.807) is 0 Å². The molecule has 1 saturated carbocycles. The minimum Gasteiger partial charge on any atom is -0.388 e. The predicted octanol–water partition coefficient (Wildman–Crippen LogP) is 3.93. The second kappa shape index (κ2) is 4.69. The summed E-state index contributed by atoms with van der Waals surface area (Å²) in [5, 5.41) is 9.87. The molecule has 1 aliphatic carbocycles. The zero-order valence-electron chi connectivity index (χ0n) is 9.37. The molecule has 1 aliphatic rings. The number of halogens is 3. The second-order valence-electron chi connectivity index (χ2n) is 4.67. The maximum absolute atomic E-state index is 12.3. The first-order valence-electron chi connectivity index (χ1n) is 5.82. The van der Waals surface area contributed by atoms with Crippen LogP contribution in [0, 0.1) is 5.92 Å². The quantitative estimate of drug-likeness (QED) is 0.854. The molecule has 94 valence electrons. The molecule has 1 aromatic rings. The maximum Gasteiger partial charge on any atom is 0.416 e. The lowest BCUT2D eigenvalue weighted by molar-refractivity contribution is -0.137. The third-order valence-corrected chi connectivity index (χ3v) is 3.40. The third kappa shape index (κ3) is 3.00. The van der Waals surface area contributed by atoms with E-state index in [0.717, 1.165) is 25.0 Å². The Morgan fingerprint density at radius 2 is 1.76 bits per heavy atom. The van der Waals surface area contributed by atoms with Gasteiger partial charge >= 0.3 is 6.18 Å². The van der Waals surface area contributed by atoms with Gasteiger partial charge in [0.2, 0.25) is 0 Å². The highest BCUT2D eigenvalue weighted by Gasteiger charge is 2.30. The summed E-state index contributed by atoms with van der Waals surface area (Å²) in [5.74, 6) is 0.535. The molecule has 1 unspecified atom stereocenters. The Morgan fingerprint density at radius 3 is 2.18 bits per heavy atom. The van der Waals surface area contributed by atoms with E-state index in [-0.39, 0.29) is 0 Å². The lowest BCUT2D eigenvalue weighted by Gasteiger charge is -2.27. The van der Waals surface area contributed by atoms with E-state index in [1.165, 1.54) is 18.6 Å². The summed E-state index contributed by atoms with van der Waals surface area (Å²) in [6.45, 7) is 0. The molecule has 0 radical (unpaired) electrons. The zero-order valence-corrected chi connectivity index (χ0v) is 9.37. The van der Waals surface area contributed by atoms with Crippen molar-refractivity contribution in [3.8, 4) is 0 Å². The van der Waals surface area contributed by atoms with Gasteiger partial charge in [-0.25, -0.2) is 0 Å². The van der Waals surface area contributed by atoms with Gasteiger partial charge in [-0.15, -0.1) is 0 Å². The molecule has 4 heteroatoms. The van der Waals surface area contributed by atoms with E-state index >= 15 is 0 Å². The third-order valence-electron chi connectivity index (χ3n) is 3.40. The number of hydrogen-bond donors (Lipinski definition) is 1. The van der Waals surface area contributed by atoms with E-state index in [1.807, 2.05) is 0 Å². The number of alkyl halides is 3. The zero-order chi connectivity index (χ0) is 12.5. The minimum absolute atomic E-state index is 0.535. The van der Waals surface area contributed by atoms with Crippen molar-refractivity contribution in [2.24, 2.45) is 5.92 Å². The molecule has 1 fully saturated rings. The van der Waals surface area contributed by atoms with E-state index in [9.17, 15) is 18.3 Å². The van der Waals surface area contributed by atoms with Crippen LogP contribution in [0.15, 0.2) is 24.3 Å². The van der Waals surface area contributed by atoms with Gasteiger partial charge in [-0.05, 0) is 30.0 Å². The van der Waals surface area contributed by atoms with Gasteiger partial charge < -0.3 is 5.11 Å². The van der Waals surface area contributed by atoms with Crippen molar-refractivity contribution in [3.63, 3.8) is 0 Å². The first-order chi connectivity index (χ1) is 7.97. The Labute approximate surface area is 98.3 Å². The average molecular weight is 244 g/mol. The lowest BCUT2D eigenvalue weighted by Crippen LogP contribution is -2.15. The van der Waals surface area contributed by atoms with Gasteiger partial charge in [0.15, 0.2) is 0 Å². The summed E-state index contributed by atoms with van der Waals surface area (Å²) in [4.78, 5) is 0. The Morgan fingerprint density at radius 1 is 1.18 bits per heavy atom. The van der Waals surface area contributed by atoms with Crippen LogP contribution in [0.5, 0.6) is 0 Å². The smallest absolute Gasteiger partial charge is 0.388 e. The molecule has 1 aromatic carbocycles. The van der Waals surface area contributed by atoms with Gasteiger partial charge in [-0.1, -0.05) is 31.4 Å². The van der Waals surface area contributed by atoms with Crippen LogP contribution in [0.2, 0.25) is 0 Å². The highest BCUT2D eigenvalue weighted by atomic mass is 19.4. The fourth-order valence-electron chi connectivity index (χ4n) is 2.07. The molecule has 0 amide bonds.